The average Bonchev–Trinajstić information content (AvgIpc) is 2.80. The Morgan fingerprint density at radius 1 is 1.15 bits per heavy atom. The maximum atomic E-state index is 12.5. The zero-order valence-corrected chi connectivity index (χ0v) is 11.9. The number of sulfone groups is 1. The quantitative estimate of drug-likeness (QED) is 0.852. The van der Waals surface area contributed by atoms with E-state index in [1.165, 1.54) is 24.3 Å². The summed E-state index contributed by atoms with van der Waals surface area (Å²) < 4.78 is 30.1. The Labute approximate surface area is 122 Å². The molecular formula is C13H10BClO4S. The van der Waals surface area contributed by atoms with E-state index in [-0.39, 0.29) is 16.4 Å². The topological polar surface area (TPSA) is 63.6 Å². The van der Waals surface area contributed by atoms with E-state index in [9.17, 15) is 13.4 Å². The van der Waals surface area contributed by atoms with Gasteiger partial charge in [-0.15, -0.1) is 0 Å². The van der Waals surface area contributed by atoms with Crippen LogP contribution in [0.15, 0.2) is 52.3 Å². The summed E-state index contributed by atoms with van der Waals surface area (Å²) in [4.78, 5) is 0.237. The second-order valence-corrected chi connectivity index (χ2v) is 6.87. The lowest BCUT2D eigenvalue weighted by atomic mass is 9.80. The average molecular weight is 309 g/mol. The Balaban J connectivity index is 2.11. The van der Waals surface area contributed by atoms with Gasteiger partial charge in [-0.05, 0) is 41.4 Å². The van der Waals surface area contributed by atoms with E-state index in [2.05, 4.69) is 0 Å². The minimum absolute atomic E-state index is 0.114. The van der Waals surface area contributed by atoms with Gasteiger partial charge < -0.3 is 9.68 Å². The van der Waals surface area contributed by atoms with Crippen LogP contribution in [-0.4, -0.2) is 20.6 Å². The van der Waals surface area contributed by atoms with Crippen LogP contribution in [0.3, 0.4) is 0 Å². The first-order valence-corrected chi connectivity index (χ1v) is 7.78. The molecule has 20 heavy (non-hydrogen) atoms. The van der Waals surface area contributed by atoms with E-state index in [1.807, 2.05) is 0 Å². The third-order valence-electron chi connectivity index (χ3n) is 3.20. The Kier molecular flexibility index (Phi) is 3.34. The largest absolute Gasteiger partial charge is 0.491 e. The van der Waals surface area contributed by atoms with Gasteiger partial charge in [0.2, 0.25) is 9.84 Å². The number of fused-ring (bicyclic) bond motifs is 1. The lowest BCUT2D eigenvalue weighted by Gasteiger charge is -2.07. The van der Waals surface area contributed by atoms with Gasteiger partial charge in [-0.25, -0.2) is 8.42 Å². The van der Waals surface area contributed by atoms with Crippen molar-refractivity contribution < 1.29 is 18.1 Å². The van der Waals surface area contributed by atoms with Crippen LogP contribution in [0.4, 0.5) is 0 Å². The minimum Gasteiger partial charge on any atom is -0.423 e. The van der Waals surface area contributed by atoms with E-state index in [1.54, 1.807) is 18.2 Å². The third kappa shape index (κ3) is 2.25. The Morgan fingerprint density at radius 2 is 1.90 bits per heavy atom. The molecule has 0 saturated carbocycles. The van der Waals surface area contributed by atoms with Gasteiger partial charge in [0.15, 0.2) is 0 Å². The molecule has 0 radical (unpaired) electrons. The van der Waals surface area contributed by atoms with Crippen molar-refractivity contribution in [2.75, 3.05) is 0 Å². The fourth-order valence-electron chi connectivity index (χ4n) is 2.13. The van der Waals surface area contributed by atoms with Gasteiger partial charge in [0, 0.05) is 5.02 Å². The maximum absolute atomic E-state index is 12.5. The molecule has 0 bridgehead atoms. The first kappa shape index (κ1) is 13.6. The molecule has 1 aliphatic heterocycles. The molecule has 0 aliphatic carbocycles. The van der Waals surface area contributed by atoms with Crippen LogP contribution >= 0.6 is 11.6 Å². The summed E-state index contributed by atoms with van der Waals surface area (Å²) in [5.74, 6) is 0. The van der Waals surface area contributed by atoms with Crippen molar-refractivity contribution >= 4 is 34.0 Å². The van der Waals surface area contributed by atoms with E-state index in [4.69, 9.17) is 16.3 Å². The fraction of sp³-hybridized carbons (Fsp3) is 0.0769. The molecule has 1 heterocycles. The molecule has 0 aromatic heterocycles. The monoisotopic (exact) mass is 308 g/mol. The van der Waals surface area contributed by atoms with E-state index >= 15 is 0 Å². The van der Waals surface area contributed by atoms with Crippen LogP contribution in [0.5, 0.6) is 0 Å². The van der Waals surface area contributed by atoms with Crippen LogP contribution in [-0.2, 0) is 21.1 Å². The van der Waals surface area contributed by atoms with Crippen molar-refractivity contribution in [1.82, 2.24) is 0 Å². The highest BCUT2D eigenvalue weighted by molar-refractivity contribution is 7.91. The highest BCUT2D eigenvalue weighted by Crippen LogP contribution is 2.24. The molecule has 1 aliphatic rings. The van der Waals surface area contributed by atoms with Gasteiger partial charge in [0.1, 0.15) is 0 Å². The van der Waals surface area contributed by atoms with Gasteiger partial charge >= 0.3 is 7.12 Å². The van der Waals surface area contributed by atoms with Gasteiger partial charge in [-0.3, -0.25) is 0 Å². The molecule has 2 aromatic rings. The van der Waals surface area contributed by atoms with Gasteiger partial charge in [-0.1, -0.05) is 23.7 Å². The molecular weight excluding hydrogens is 298 g/mol. The number of hydrogen-bond donors (Lipinski definition) is 1. The van der Waals surface area contributed by atoms with Gasteiger partial charge in [0.25, 0.3) is 0 Å². The number of rotatable bonds is 2. The van der Waals surface area contributed by atoms with Gasteiger partial charge in [0.05, 0.1) is 16.4 Å². The summed E-state index contributed by atoms with van der Waals surface area (Å²) in [7, 11) is -4.73. The third-order valence-corrected chi connectivity index (χ3v) is 5.18. The first-order valence-electron chi connectivity index (χ1n) is 5.91. The SMILES string of the molecule is O=S(=O)(c1cccc(Cl)c1)c1ccc2c(c1)B(O)OC2. The van der Waals surface area contributed by atoms with E-state index < -0.39 is 17.0 Å². The molecule has 1 N–H and O–H groups in total. The molecule has 0 fully saturated rings. The second kappa shape index (κ2) is 4.89. The fourth-order valence-corrected chi connectivity index (χ4v) is 3.73. The smallest absolute Gasteiger partial charge is 0.423 e. The summed E-state index contributed by atoms with van der Waals surface area (Å²) in [6, 6.07) is 10.7. The van der Waals surface area contributed by atoms with Crippen molar-refractivity contribution in [3.8, 4) is 0 Å². The molecule has 7 heteroatoms. The summed E-state index contributed by atoms with van der Waals surface area (Å²) in [5.41, 5.74) is 1.29. The Bertz CT molecular complexity index is 776. The predicted octanol–water partition coefficient (Wildman–Crippen LogP) is 1.39. The Hall–Kier alpha value is -1.34. The zero-order valence-electron chi connectivity index (χ0n) is 10.3. The molecule has 0 saturated heterocycles. The molecule has 2 aromatic carbocycles. The van der Waals surface area contributed by atoms with E-state index in [0.717, 1.165) is 5.56 Å². The normalized spacial score (nSPS) is 14.4. The highest BCUT2D eigenvalue weighted by atomic mass is 35.5. The van der Waals surface area contributed by atoms with Crippen molar-refractivity contribution in [3.63, 3.8) is 0 Å². The first-order chi connectivity index (χ1) is 9.48. The standard InChI is InChI=1S/C13H10BClO4S/c15-10-2-1-3-11(6-10)20(17,18)12-5-4-9-8-19-14(16)13(9)7-12/h1-7,16H,8H2. The summed E-state index contributed by atoms with van der Waals surface area (Å²) in [6.45, 7) is 0.286. The molecule has 4 nitrogen and oxygen atoms in total. The zero-order chi connectivity index (χ0) is 14.3. The van der Waals surface area contributed by atoms with E-state index in [0.29, 0.717) is 10.5 Å². The molecule has 0 spiro atoms. The van der Waals surface area contributed by atoms with Crippen LogP contribution in [0.2, 0.25) is 5.02 Å². The van der Waals surface area contributed by atoms with Crippen LogP contribution < -0.4 is 5.46 Å². The van der Waals surface area contributed by atoms with Crippen molar-refractivity contribution in [1.29, 1.82) is 0 Å². The molecule has 0 unspecified atom stereocenters. The van der Waals surface area contributed by atoms with Crippen molar-refractivity contribution in [3.05, 3.63) is 53.1 Å². The summed E-state index contributed by atoms with van der Waals surface area (Å²) in [6.07, 6.45) is 0. The molecule has 0 atom stereocenters. The lowest BCUT2D eigenvalue weighted by Crippen LogP contribution is -2.28. The number of benzene rings is 2. The van der Waals surface area contributed by atoms with Crippen LogP contribution in [0, 0.1) is 0 Å². The number of halogens is 1. The summed E-state index contributed by atoms with van der Waals surface area (Å²) >= 11 is 5.83. The highest BCUT2D eigenvalue weighted by Gasteiger charge is 2.29. The lowest BCUT2D eigenvalue weighted by molar-refractivity contribution is 0.275. The van der Waals surface area contributed by atoms with Crippen molar-refractivity contribution in [2.45, 2.75) is 16.4 Å². The van der Waals surface area contributed by atoms with Crippen LogP contribution in [0.25, 0.3) is 0 Å². The molecule has 0 amide bonds. The number of hydrogen-bond acceptors (Lipinski definition) is 4. The molecule has 3 rings (SSSR count). The predicted molar refractivity (Wildman–Crippen MR) is 75.7 cm³/mol. The summed E-state index contributed by atoms with van der Waals surface area (Å²) in [5, 5.41) is 10.0. The minimum atomic E-state index is -3.66. The van der Waals surface area contributed by atoms with Gasteiger partial charge in [-0.2, -0.15) is 0 Å². The van der Waals surface area contributed by atoms with Crippen LogP contribution in [0.1, 0.15) is 5.56 Å². The second-order valence-electron chi connectivity index (χ2n) is 4.48. The van der Waals surface area contributed by atoms with Crippen molar-refractivity contribution in [2.24, 2.45) is 0 Å². The molecule has 102 valence electrons. The maximum Gasteiger partial charge on any atom is 0.491 e. The Morgan fingerprint density at radius 3 is 2.65 bits per heavy atom.